The third-order valence-corrected chi connectivity index (χ3v) is 2.63. The molecule has 0 aromatic rings. The van der Waals surface area contributed by atoms with E-state index in [1.54, 1.807) is 0 Å². The number of carbonyl (C=O) groups is 2. The van der Waals surface area contributed by atoms with Crippen molar-refractivity contribution in [3.63, 3.8) is 0 Å². The predicted molar refractivity (Wildman–Crippen MR) is 57.8 cm³/mol. The second-order valence-electron chi connectivity index (χ2n) is 2.70. The molecule has 0 saturated carbocycles. The summed E-state index contributed by atoms with van der Waals surface area (Å²) in [5, 5.41) is 0. The number of esters is 2. The zero-order valence-corrected chi connectivity index (χ0v) is 10.5. The molecule has 7 heteroatoms. The molecule has 0 heterocycles. The molecule has 0 spiro atoms. The Labute approximate surface area is 98.6 Å². The van der Waals surface area contributed by atoms with Crippen molar-refractivity contribution in [3.05, 3.63) is 0 Å². The lowest BCUT2D eigenvalue weighted by molar-refractivity contribution is -0.158. The molecular weight excluding hydrogens is 236 g/mol. The molecule has 0 N–H and O–H groups in total. The molecule has 0 aliphatic heterocycles. The minimum Gasteiger partial charge on any atom is -0.466 e. The normalized spacial score (nSPS) is 12.3. The molecule has 0 aromatic heterocycles. The van der Waals surface area contributed by atoms with Crippen LogP contribution in [-0.4, -0.2) is 50.7 Å². The van der Waals surface area contributed by atoms with Gasteiger partial charge in [-0.1, -0.05) is 0 Å². The van der Waals surface area contributed by atoms with Crippen LogP contribution in [0.3, 0.4) is 0 Å². The van der Waals surface area contributed by atoms with Crippen LogP contribution in [0.4, 0.5) is 0 Å². The Hall–Kier alpha value is -0.790. The Morgan fingerprint density at radius 2 is 1.75 bits per heavy atom. The number of hydrogen-bond acceptors (Lipinski definition) is 7. The Morgan fingerprint density at radius 3 is 2.12 bits per heavy atom. The third kappa shape index (κ3) is 5.94. The quantitative estimate of drug-likeness (QED) is 0.479. The minimum absolute atomic E-state index is 0.347. The van der Waals surface area contributed by atoms with Crippen LogP contribution in [0.2, 0.25) is 0 Å². The van der Waals surface area contributed by atoms with Gasteiger partial charge in [-0.05, 0) is 0 Å². The van der Waals surface area contributed by atoms with Crippen LogP contribution in [0.5, 0.6) is 0 Å². The maximum atomic E-state index is 11.2. The van der Waals surface area contributed by atoms with Crippen LogP contribution in [0.25, 0.3) is 0 Å². The van der Waals surface area contributed by atoms with Gasteiger partial charge in [0.15, 0.2) is 6.29 Å². The molecule has 0 rings (SSSR count). The van der Waals surface area contributed by atoms with Crippen LogP contribution in [0.1, 0.15) is 6.92 Å². The highest BCUT2D eigenvalue weighted by atomic mass is 32.2. The Morgan fingerprint density at radius 1 is 1.19 bits per heavy atom. The molecule has 6 nitrogen and oxygen atoms in total. The second kappa shape index (κ2) is 8.37. The van der Waals surface area contributed by atoms with E-state index in [-0.39, 0.29) is 0 Å². The number of rotatable bonds is 7. The average Bonchev–Trinajstić information content (AvgIpc) is 2.27. The summed E-state index contributed by atoms with van der Waals surface area (Å²) in [4.78, 5) is 22.0. The van der Waals surface area contributed by atoms with Crippen LogP contribution in [0, 0.1) is 0 Å². The molecule has 0 fully saturated rings. The van der Waals surface area contributed by atoms with Crippen molar-refractivity contribution in [1.29, 1.82) is 0 Å². The van der Waals surface area contributed by atoms with Crippen molar-refractivity contribution in [2.75, 3.05) is 27.1 Å². The van der Waals surface area contributed by atoms with Crippen molar-refractivity contribution in [2.24, 2.45) is 0 Å². The first-order valence-corrected chi connectivity index (χ1v) is 5.52. The van der Waals surface area contributed by atoms with E-state index in [0.717, 1.165) is 11.8 Å². The van der Waals surface area contributed by atoms with Gasteiger partial charge in [-0.25, -0.2) is 4.79 Å². The van der Waals surface area contributed by atoms with E-state index in [0.29, 0.717) is 5.75 Å². The fraction of sp³-hybridized carbons (Fsp3) is 0.778. The molecule has 0 saturated heterocycles. The maximum Gasteiger partial charge on any atom is 0.357 e. The highest BCUT2D eigenvalue weighted by Gasteiger charge is 2.24. The topological polar surface area (TPSA) is 71.1 Å². The Bertz CT molecular complexity index is 228. The van der Waals surface area contributed by atoms with Gasteiger partial charge < -0.3 is 18.9 Å². The zero-order valence-electron chi connectivity index (χ0n) is 9.72. The molecule has 0 bridgehead atoms. The lowest BCUT2D eigenvalue weighted by Gasteiger charge is -2.17. The van der Waals surface area contributed by atoms with E-state index in [2.05, 4.69) is 4.74 Å². The molecule has 0 amide bonds. The number of methoxy groups -OCH3 is 3. The summed E-state index contributed by atoms with van der Waals surface area (Å²) in [6.07, 6.45) is -0.465. The standard InChI is InChI=1S/C9H16O6S/c1-6(10)15-9(8(11)14-4)16-5-7(12-2)13-3/h7,9H,5H2,1-4H3. The fourth-order valence-electron chi connectivity index (χ4n) is 0.795. The molecule has 0 aliphatic carbocycles. The molecule has 0 aliphatic rings. The first kappa shape index (κ1) is 15.2. The van der Waals surface area contributed by atoms with Gasteiger partial charge in [-0.15, -0.1) is 11.8 Å². The lowest BCUT2D eigenvalue weighted by Crippen LogP contribution is -2.27. The van der Waals surface area contributed by atoms with E-state index < -0.39 is 23.7 Å². The van der Waals surface area contributed by atoms with Crippen molar-refractivity contribution in [1.82, 2.24) is 0 Å². The predicted octanol–water partition coefficient (Wildman–Crippen LogP) is 0.401. The first-order valence-electron chi connectivity index (χ1n) is 4.47. The van der Waals surface area contributed by atoms with Crippen molar-refractivity contribution in [2.45, 2.75) is 18.6 Å². The number of carbonyl (C=O) groups excluding carboxylic acids is 2. The van der Waals surface area contributed by atoms with Crippen molar-refractivity contribution >= 4 is 23.7 Å². The largest absolute Gasteiger partial charge is 0.466 e. The number of thioether (sulfide) groups is 1. The van der Waals surface area contributed by atoms with Crippen LogP contribution < -0.4 is 0 Å². The van der Waals surface area contributed by atoms with Gasteiger partial charge in [0.05, 0.1) is 7.11 Å². The van der Waals surface area contributed by atoms with E-state index in [9.17, 15) is 9.59 Å². The van der Waals surface area contributed by atoms with E-state index in [1.165, 1.54) is 28.3 Å². The monoisotopic (exact) mass is 252 g/mol. The highest BCUT2D eigenvalue weighted by molar-refractivity contribution is 8.00. The lowest BCUT2D eigenvalue weighted by atomic mass is 10.7. The average molecular weight is 252 g/mol. The number of hydrogen-bond donors (Lipinski definition) is 0. The summed E-state index contributed by atoms with van der Waals surface area (Å²) in [6.45, 7) is 1.22. The van der Waals surface area contributed by atoms with Gasteiger partial charge in [-0.3, -0.25) is 4.79 Å². The molecule has 94 valence electrons. The Balaban J connectivity index is 4.20. The van der Waals surface area contributed by atoms with Crippen molar-refractivity contribution in [3.8, 4) is 0 Å². The minimum atomic E-state index is -0.990. The summed E-state index contributed by atoms with van der Waals surface area (Å²) in [6, 6.07) is 0. The molecule has 0 aromatic carbocycles. The molecule has 1 atom stereocenters. The molecular formula is C9H16O6S. The summed E-state index contributed by atoms with van der Waals surface area (Å²) in [7, 11) is 4.19. The maximum absolute atomic E-state index is 11.2. The number of ether oxygens (including phenoxy) is 4. The van der Waals surface area contributed by atoms with E-state index in [4.69, 9.17) is 14.2 Å². The van der Waals surface area contributed by atoms with Gasteiger partial charge >= 0.3 is 11.9 Å². The Kier molecular flexibility index (Phi) is 7.96. The third-order valence-electron chi connectivity index (χ3n) is 1.58. The second-order valence-corrected chi connectivity index (χ2v) is 3.79. The molecule has 1 unspecified atom stereocenters. The summed E-state index contributed by atoms with van der Waals surface area (Å²) in [5.41, 5.74) is -0.990. The van der Waals surface area contributed by atoms with Crippen LogP contribution in [0.15, 0.2) is 0 Å². The van der Waals surface area contributed by atoms with Gasteiger partial charge in [0.25, 0.3) is 0 Å². The van der Waals surface area contributed by atoms with Crippen LogP contribution >= 0.6 is 11.8 Å². The van der Waals surface area contributed by atoms with Crippen LogP contribution in [-0.2, 0) is 28.5 Å². The van der Waals surface area contributed by atoms with E-state index >= 15 is 0 Å². The van der Waals surface area contributed by atoms with E-state index in [1.807, 2.05) is 0 Å². The molecule has 0 radical (unpaired) electrons. The molecule has 16 heavy (non-hydrogen) atoms. The van der Waals surface area contributed by atoms with Gasteiger partial charge in [-0.2, -0.15) is 0 Å². The van der Waals surface area contributed by atoms with Gasteiger partial charge in [0.2, 0.25) is 5.44 Å². The van der Waals surface area contributed by atoms with Crippen molar-refractivity contribution < 1.29 is 28.5 Å². The SMILES string of the molecule is COC(=O)C(OC(C)=O)SCC(OC)OC. The summed E-state index contributed by atoms with van der Waals surface area (Å²) < 4.78 is 19.1. The van der Waals surface area contributed by atoms with Gasteiger partial charge in [0, 0.05) is 26.9 Å². The summed E-state index contributed by atoms with van der Waals surface area (Å²) in [5.74, 6) is -0.819. The fourth-order valence-corrected chi connectivity index (χ4v) is 1.84. The summed E-state index contributed by atoms with van der Waals surface area (Å²) >= 11 is 1.07. The smallest absolute Gasteiger partial charge is 0.357 e. The van der Waals surface area contributed by atoms with Gasteiger partial charge in [0.1, 0.15) is 0 Å². The highest BCUT2D eigenvalue weighted by Crippen LogP contribution is 2.16. The first-order chi connectivity index (χ1) is 7.54. The zero-order chi connectivity index (χ0) is 12.6.